The topological polar surface area (TPSA) is 39.7 Å². The van der Waals surface area contributed by atoms with E-state index in [-0.39, 0.29) is 6.10 Å². The summed E-state index contributed by atoms with van der Waals surface area (Å²) in [4.78, 5) is 0. The fourth-order valence-electron chi connectivity index (χ4n) is 2.82. The maximum Gasteiger partial charge on any atom is 0.119 e. The number of anilines is 1. The Kier molecular flexibility index (Phi) is 6.57. The summed E-state index contributed by atoms with van der Waals surface area (Å²) in [6.45, 7) is 5.03. The Bertz CT molecular complexity index is 619. The highest BCUT2D eigenvalue weighted by molar-refractivity contribution is 5.46. The van der Waals surface area contributed by atoms with Crippen LogP contribution in [0.2, 0.25) is 0 Å². The summed E-state index contributed by atoms with van der Waals surface area (Å²) in [5, 5.41) is 3.36. The van der Waals surface area contributed by atoms with Gasteiger partial charge in [-0.15, -0.1) is 0 Å². The van der Waals surface area contributed by atoms with E-state index in [0.717, 1.165) is 49.6 Å². The van der Waals surface area contributed by atoms with Gasteiger partial charge in [0.1, 0.15) is 24.7 Å². The Morgan fingerprint density at radius 3 is 2.40 bits per heavy atom. The highest BCUT2D eigenvalue weighted by atomic mass is 16.5. The van der Waals surface area contributed by atoms with E-state index in [2.05, 4.69) is 24.4 Å². The minimum Gasteiger partial charge on any atom is -0.492 e. The second-order valence-electron chi connectivity index (χ2n) is 6.24. The zero-order valence-electron chi connectivity index (χ0n) is 14.9. The van der Waals surface area contributed by atoms with Crippen LogP contribution in [0.3, 0.4) is 0 Å². The van der Waals surface area contributed by atoms with Crippen LogP contribution in [-0.2, 0) is 11.2 Å². The number of benzene rings is 2. The molecule has 4 heteroatoms. The third kappa shape index (κ3) is 5.68. The minimum atomic E-state index is 0.251. The van der Waals surface area contributed by atoms with E-state index in [4.69, 9.17) is 14.2 Å². The third-order valence-electron chi connectivity index (χ3n) is 4.35. The first kappa shape index (κ1) is 17.6. The number of hydrogen-bond donors (Lipinski definition) is 1. The summed E-state index contributed by atoms with van der Waals surface area (Å²) in [5.41, 5.74) is 2.39. The lowest BCUT2D eigenvalue weighted by atomic mass is 10.2. The van der Waals surface area contributed by atoms with Crippen LogP contribution in [0.1, 0.15) is 25.3 Å². The molecule has 0 aromatic heterocycles. The van der Waals surface area contributed by atoms with Gasteiger partial charge in [-0.1, -0.05) is 19.1 Å². The van der Waals surface area contributed by atoms with Crippen molar-refractivity contribution in [1.29, 1.82) is 0 Å². The van der Waals surface area contributed by atoms with Gasteiger partial charge in [0.05, 0.1) is 6.10 Å². The molecule has 0 spiro atoms. The Morgan fingerprint density at radius 1 is 1.00 bits per heavy atom. The molecule has 2 aromatic rings. The van der Waals surface area contributed by atoms with Crippen molar-refractivity contribution in [2.24, 2.45) is 0 Å². The number of ether oxygens (including phenoxy) is 3. The molecule has 1 unspecified atom stereocenters. The number of nitrogens with one attached hydrogen (secondary N) is 1. The Balaban J connectivity index is 1.35. The maximum atomic E-state index is 5.77. The van der Waals surface area contributed by atoms with E-state index in [1.807, 2.05) is 36.4 Å². The number of hydrogen-bond acceptors (Lipinski definition) is 4. The van der Waals surface area contributed by atoms with E-state index in [1.165, 1.54) is 5.56 Å². The maximum absolute atomic E-state index is 5.77. The molecule has 2 aromatic carbocycles. The molecule has 0 aliphatic carbocycles. The predicted molar refractivity (Wildman–Crippen MR) is 101 cm³/mol. The van der Waals surface area contributed by atoms with Crippen molar-refractivity contribution in [3.8, 4) is 11.5 Å². The molecule has 3 rings (SSSR count). The van der Waals surface area contributed by atoms with E-state index in [9.17, 15) is 0 Å². The van der Waals surface area contributed by atoms with Crippen molar-refractivity contribution < 1.29 is 14.2 Å². The SMILES string of the molecule is CCc1ccc(OCCNc2ccc(OCC3CCCO3)cc2)cc1. The fourth-order valence-corrected chi connectivity index (χ4v) is 2.82. The van der Waals surface area contributed by atoms with Gasteiger partial charge in [0.25, 0.3) is 0 Å². The van der Waals surface area contributed by atoms with E-state index >= 15 is 0 Å². The van der Waals surface area contributed by atoms with Crippen LogP contribution in [0.5, 0.6) is 11.5 Å². The van der Waals surface area contributed by atoms with Crippen molar-refractivity contribution >= 4 is 5.69 Å². The summed E-state index contributed by atoms with van der Waals surface area (Å²) in [6, 6.07) is 16.3. The van der Waals surface area contributed by atoms with Crippen molar-refractivity contribution in [2.45, 2.75) is 32.3 Å². The average molecular weight is 341 g/mol. The molecule has 0 radical (unpaired) electrons. The van der Waals surface area contributed by atoms with E-state index in [0.29, 0.717) is 13.2 Å². The molecule has 1 atom stereocenters. The summed E-state index contributed by atoms with van der Waals surface area (Å²) >= 11 is 0. The lowest BCUT2D eigenvalue weighted by Crippen LogP contribution is -2.16. The molecule has 0 amide bonds. The third-order valence-corrected chi connectivity index (χ3v) is 4.35. The zero-order chi connectivity index (χ0) is 17.3. The molecule has 1 saturated heterocycles. The van der Waals surface area contributed by atoms with Crippen molar-refractivity contribution in [3.63, 3.8) is 0 Å². The van der Waals surface area contributed by atoms with E-state index < -0.39 is 0 Å². The van der Waals surface area contributed by atoms with Gasteiger partial charge in [0, 0.05) is 18.8 Å². The molecule has 134 valence electrons. The smallest absolute Gasteiger partial charge is 0.119 e. The Labute approximate surface area is 150 Å². The van der Waals surface area contributed by atoms with Gasteiger partial charge in [-0.2, -0.15) is 0 Å². The molecular weight excluding hydrogens is 314 g/mol. The first-order valence-corrected chi connectivity index (χ1v) is 9.13. The van der Waals surface area contributed by atoms with Crippen LogP contribution in [0.4, 0.5) is 5.69 Å². The minimum absolute atomic E-state index is 0.251. The lowest BCUT2D eigenvalue weighted by molar-refractivity contribution is 0.0679. The molecule has 4 nitrogen and oxygen atoms in total. The molecule has 1 heterocycles. The van der Waals surface area contributed by atoms with Crippen LogP contribution in [0, 0.1) is 0 Å². The molecule has 25 heavy (non-hydrogen) atoms. The van der Waals surface area contributed by atoms with Crippen LogP contribution in [0.15, 0.2) is 48.5 Å². The molecule has 0 bridgehead atoms. The van der Waals surface area contributed by atoms with Gasteiger partial charge in [0.2, 0.25) is 0 Å². The van der Waals surface area contributed by atoms with Gasteiger partial charge in [0.15, 0.2) is 0 Å². The first-order chi connectivity index (χ1) is 12.3. The molecular formula is C21H27NO3. The summed E-state index contributed by atoms with van der Waals surface area (Å²) in [7, 11) is 0. The number of aryl methyl sites for hydroxylation is 1. The van der Waals surface area contributed by atoms with Gasteiger partial charge < -0.3 is 19.5 Å². The van der Waals surface area contributed by atoms with E-state index in [1.54, 1.807) is 0 Å². The van der Waals surface area contributed by atoms with Crippen LogP contribution in [-0.4, -0.2) is 32.5 Å². The van der Waals surface area contributed by atoms with Gasteiger partial charge in [-0.3, -0.25) is 0 Å². The summed E-state index contributed by atoms with van der Waals surface area (Å²) in [6.07, 6.45) is 3.54. The summed E-state index contributed by atoms with van der Waals surface area (Å²) < 4.78 is 17.1. The predicted octanol–water partition coefficient (Wildman–Crippen LogP) is 4.30. The fraction of sp³-hybridized carbons (Fsp3) is 0.429. The van der Waals surface area contributed by atoms with Gasteiger partial charge >= 0.3 is 0 Å². The molecule has 0 saturated carbocycles. The van der Waals surface area contributed by atoms with Crippen molar-refractivity contribution in [2.75, 3.05) is 31.7 Å². The highest BCUT2D eigenvalue weighted by Gasteiger charge is 2.15. The molecule has 1 aliphatic rings. The van der Waals surface area contributed by atoms with Crippen LogP contribution >= 0.6 is 0 Å². The average Bonchev–Trinajstić information content (AvgIpc) is 3.19. The van der Waals surface area contributed by atoms with Crippen LogP contribution < -0.4 is 14.8 Å². The van der Waals surface area contributed by atoms with Gasteiger partial charge in [-0.25, -0.2) is 0 Å². The Morgan fingerprint density at radius 2 is 1.72 bits per heavy atom. The monoisotopic (exact) mass is 341 g/mol. The normalized spacial score (nSPS) is 16.6. The van der Waals surface area contributed by atoms with Crippen molar-refractivity contribution in [1.82, 2.24) is 0 Å². The number of rotatable bonds is 9. The molecule has 1 fully saturated rings. The summed E-state index contributed by atoms with van der Waals surface area (Å²) in [5.74, 6) is 1.80. The second-order valence-corrected chi connectivity index (χ2v) is 6.24. The first-order valence-electron chi connectivity index (χ1n) is 9.13. The van der Waals surface area contributed by atoms with Crippen LogP contribution in [0.25, 0.3) is 0 Å². The second kappa shape index (κ2) is 9.33. The van der Waals surface area contributed by atoms with Crippen molar-refractivity contribution in [3.05, 3.63) is 54.1 Å². The zero-order valence-corrected chi connectivity index (χ0v) is 14.9. The lowest BCUT2D eigenvalue weighted by Gasteiger charge is -2.12. The molecule has 1 N–H and O–H groups in total. The molecule has 1 aliphatic heterocycles. The quantitative estimate of drug-likeness (QED) is 0.691. The van der Waals surface area contributed by atoms with Gasteiger partial charge in [-0.05, 0) is 61.2 Å². The highest BCUT2D eigenvalue weighted by Crippen LogP contribution is 2.18. The largest absolute Gasteiger partial charge is 0.492 e. The Hall–Kier alpha value is -2.20. The standard InChI is InChI=1S/C21H27NO3/c1-2-17-5-9-19(10-6-17)24-15-13-22-18-7-11-20(12-8-18)25-16-21-4-3-14-23-21/h5-12,21-22H,2-4,13-16H2,1H3.